The van der Waals surface area contributed by atoms with Crippen LogP contribution in [0.15, 0.2) is 24.3 Å². The van der Waals surface area contributed by atoms with Crippen molar-refractivity contribution >= 4 is 0 Å². The largest absolute Gasteiger partial charge is 0.379 e. The lowest BCUT2D eigenvalue weighted by Crippen LogP contribution is -2.29. The molecule has 0 spiro atoms. The molecule has 0 aliphatic rings. The van der Waals surface area contributed by atoms with Gasteiger partial charge in [0, 0.05) is 7.11 Å². The SMILES string of the molecule is COC(C)(C)CCNCCc1ccc(F)cc1. The van der Waals surface area contributed by atoms with Crippen molar-refractivity contribution in [3.63, 3.8) is 0 Å². The molecular weight excluding hydrogens is 217 g/mol. The molecule has 1 aromatic rings. The highest BCUT2D eigenvalue weighted by Crippen LogP contribution is 2.11. The van der Waals surface area contributed by atoms with Gasteiger partial charge in [-0.15, -0.1) is 0 Å². The Morgan fingerprint density at radius 3 is 2.41 bits per heavy atom. The number of rotatable bonds is 7. The highest BCUT2D eigenvalue weighted by Gasteiger charge is 2.14. The van der Waals surface area contributed by atoms with Gasteiger partial charge in [-0.05, 0) is 57.5 Å². The molecule has 0 bridgehead atoms. The predicted octanol–water partition coefficient (Wildman–Crippen LogP) is 2.77. The van der Waals surface area contributed by atoms with Crippen molar-refractivity contribution in [2.45, 2.75) is 32.3 Å². The van der Waals surface area contributed by atoms with Crippen molar-refractivity contribution in [3.8, 4) is 0 Å². The number of methoxy groups -OCH3 is 1. The first kappa shape index (κ1) is 14.1. The molecule has 0 atom stereocenters. The van der Waals surface area contributed by atoms with Gasteiger partial charge in [-0.3, -0.25) is 0 Å². The minimum Gasteiger partial charge on any atom is -0.379 e. The van der Waals surface area contributed by atoms with Crippen LogP contribution in [-0.4, -0.2) is 25.8 Å². The predicted molar refractivity (Wildman–Crippen MR) is 68.7 cm³/mol. The molecule has 17 heavy (non-hydrogen) atoms. The molecule has 96 valence electrons. The Balaban J connectivity index is 2.14. The Hall–Kier alpha value is -0.930. The molecule has 0 aromatic heterocycles. The van der Waals surface area contributed by atoms with Crippen molar-refractivity contribution < 1.29 is 9.13 Å². The van der Waals surface area contributed by atoms with E-state index in [9.17, 15) is 4.39 Å². The summed E-state index contributed by atoms with van der Waals surface area (Å²) >= 11 is 0. The second-order valence-electron chi connectivity index (χ2n) is 4.84. The third-order valence-electron chi connectivity index (χ3n) is 2.96. The molecule has 1 rings (SSSR count). The van der Waals surface area contributed by atoms with E-state index in [1.165, 1.54) is 12.1 Å². The van der Waals surface area contributed by atoms with Gasteiger partial charge in [0.1, 0.15) is 5.82 Å². The van der Waals surface area contributed by atoms with E-state index >= 15 is 0 Å². The van der Waals surface area contributed by atoms with Gasteiger partial charge in [-0.1, -0.05) is 12.1 Å². The lowest BCUT2D eigenvalue weighted by Gasteiger charge is -2.22. The normalized spacial score (nSPS) is 11.8. The van der Waals surface area contributed by atoms with Crippen molar-refractivity contribution in [2.24, 2.45) is 0 Å². The monoisotopic (exact) mass is 239 g/mol. The first-order chi connectivity index (χ1) is 8.03. The van der Waals surface area contributed by atoms with E-state index in [1.807, 2.05) is 12.1 Å². The molecule has 2 nitrogen and oxygen atoms in total. The summed E-state index contributed by atoms with van der Waals surface area (Å²) in [4.78, 5) is 0. The molecule has 1 N–H and O–H groups in total. The van der Waals surface area contributed by atoms with Gasteiger partial charge in [0.15, 0.2) is 0 Å². The first-order valence-electron chi connectivity index (χ1n) is 6.04. The van der Waals surface area contributed by atoms with E-state index in [-0.39, 0.29) is 11.4 Å². The molecule has 0 unspecified atom stereocenters. The average molecular weight is 239 g/mol. The molecule has 0 fully saturated rings. The zero-order valence-corrected chi connectivity index (χ0v) is 10.9. The lowest BCUT2D eigenvalue weighted by atomic mass is 10.1. The van der Waals surface area contributed by atoms with Crippen LogP contribution in [0.5, 0.6) is 0 Å². The van der Waals surface area contributed by atoms with Crippen LogP contribution in [0, 0.1) is 5.82 Å². The summed E-state index contributed by atoms with van der Waals surface area (Å²) in [5.41, 5.74) is 1.09. The van der Waals surface area contributed by atoms with Crippen LogP contribution in [-0.2, 0) is 11.2 Å². The Morgan fingerprint density at radius 1 is 1.18 bits per heavy atom. The maximum absolute atomic E-state index is 12.7. The lowest BCUT2D eigenvalue weighted by molar-refractivity contribution is 0.0159. The average Bonchev–Trinajstić information content (AvgIpc) is 2.31. The van der Waals surface area contributed by atoms with Crippen LogP contribution < -0.4 is 5.32 Å². The first-order valence-corrected chi connectivity index (χ1v) is 6.04. The Kier molecular flexibility index (Phi) is 5.59. The molecular formula is C14H22FNO. The molecule has 0 radical (unpaired) electrons. The molecule has 0 aliphatic carbocycles. The van der Waals surface area contributed by atoms with E-state index in [1.54, 1.807) is 7.11 Å². The number of hydrogen-bond acceptors (Lipinski definition) is 2. The van der Waals surface area contributed by atoms with E-state index in [2.05, 4.69) is 19.2 Å². The maximum atomic E-state index is 12.7. The van der Waals surface area contributed by atoms with Gasteiger partial charge in [0.05, 0.1) is 5.60 Å². The van der Waals surface area contributed by atoms with Crippen LogP contribution in [0.4, 0.5) is 4.39 Å². The topological polar surface area (TPSA) is 21.3 Å². The molecule has 3 heteroatoms. The maximum Gasteiger partial charge on any atom is 0.123 e. The van der Waals surface area contributed by atoms with Gasteiger partial charge in [0.2, 0.25) is 0 Å². The van der Waals surface area contributed by atoms with Crippen LogP contribution in [0.3, 0.4) is 0 Å². The Morgan fingerprint density at radius 2 is 1.82 bits per heavy atom. The molecule has 0 amide bonds. The molecule has 0 heterocycles. The van der Waals surface area contributed by atoms with Crippen LogP contribution in [0.1, 0.15) is 25.8 Å². The summed E-state index contributed by atoms with van der Waals surface area (Å²) in [6, 6.07) is 6.67. The highest BCUT2D eigenvalue weighted by atomic mass is 19.1. The van der Waals surface area contributed by atoms with Crippen molar-refractivity contribution in [2.75, 3.05) is 20.2 Å². The summed E-state index contributed by atoms with van der Waals surface area (Å²) in [5.74, 6) is -0.177. The fraction of sp³-hybridized carbons (Fsp3) is 0.571. The Labute approximate surface area is 103 Å². The molecule has 0 saturated heterocycles. The second kappa shape index (κ2) is 6.72. The van der Waals surface area contributed by atoms with Crippen molar-refractivity contribution in [3.05, 3.63) is 35.6 Å². The highest BCUT2D eigenvalue weighted by molar-refractivity contribution is 5.16. The summed E-state index contributed by atoms with van der Waals surface area (Å²) < 4.78 is 18.0. The summed E-state index contributed by atoms with van der Waals surface area (Å²) in [7, 11) is 1.73. The minimum atomic E-state index is -0.177. The molecule has 1 aromatic carbocycles. The third-order valence-corrected chi connectivity index (χ3v) is 2.96. The number of halogens is 1. The van der Waals surface area contributed by atoms with Gasteiger partial charge in [-0.2, -0.15) is 0 Å². The standard InChI is InChI=1S/C14H22FNO/c1-14(2,17-3)9-11-16-10-8-12-4-6-13(15)7-5-12/h4-7,16H,8-11H2,1-3H3. The van der Waals surface area contributed by atoms with Gasteiger partial charge < -0.3 is 10.1 Å². The van der Waals surface area contributed by atoms with E-state index < -0.39 is 0 Å². The summed E-state index contributed by atoms with van der Waals surface area (Å²) in [5, 5.41) is 3.37. The van der Waals surface area contributed by atoms with E-state index in [0.29, 0.717) is 0 Å². The number of ether oxygens (including phenoxy) is 1. The van der Waals surface area contributed by atoms with Gasteiger partial charge in [0.25, 0.3) is 0 Å². The summed E-state index contributed by atoms with van der Waals surface area (Å²) in [6.07, 6.45) is 1.90. The smallest absolute Gasteiger partial charge is 0.123 e. The molecule has 0 saturated carbocycles. The van der Waals surface area contributed by atoms with Crippen LogP contribution in [0.25, 0.3) is 0 Å². The summed E-state index contributed by atoms with van der Waals surface area (Å²) in [6.45, 7) is 6.00. The van der Waals surface area contributed by atoms with Gasteiger partial charge >= 0.3 is 0 Å². The van der Waals surface area contributed by atoms with Crippen molar-refractivity contribution in [1.82, 2.24) is 5.32 Å². The quantitative estimate of drug-likeness (QED) is 0.739. The van der Waals surface area contributed by atoms with Crippen LogP contribution >= 0.6 is 0 Å². The number of benzene rings is 1. The van der Waals surface area contributed by atoms with Crippen LogP contribution in [0.2, 0.25) is 0 Å². The fourth-order valence-electron chi connectivity index (χ4n) is 1.50. The minimum absolute atomic E-state index is 0.0666. The Bertz CT molecular complexity index is 321. The number of hydrogen-bond donors (Lipinski definition) is 1. The third kappa shape index (κ3) is 5.80. The zero-order chi connectivity index (χ0) is 12.7. The molecule has 0 aliphatic heterocycles. The number of nitrogens with one attached hydrogen (secondary N) is 1. The second-order valence-corrected chi connectivity index (χ2v) is 4.84. The van der Waals surface area contributed by atoms with E-state index in [0.717, 1.165) is 31.5 Å². The zero-order valence-electron chi connectivity index (χ0n) is 10.9. The fourth-order valence-corrected chi connectivity index (χ4v) is 1.50. The van der Waals surface area contributed by atoms with Gasteiger partial charge in [-0.25, -0.2) is 4.39 Å². The van der Waals surface area contributed by atoms with E-state index in [4.69, 9.17) is 4.74 Å². The van der Waals surface area contributed by atoms with Crippen molar-refractivity contribution in [1.29, 1.82) is 0 Å².